The van der Waals surface area contributed by atoms with Crippen molar-refractivity contribution in [3.63, 3.8) is 0 Å². The molecule has 0 saturated carbocycles. The highest BCUT2D eigenvalue weighted by molar-refractivity contribution is 7.85. The lowest BCUT2D eigenvalue weighted by Gasteiger charge is -2.19. The molecule has 0 aliphatic heterocycles. The predicted octanol–water partition coefficient (Wildman–Crippen LogP) is 2.57. The normalized spacial score (nSPS) is 11.6. The van der Waals surface area contributed by atoms with E-state index >= 15 is 0 Å². The van der Waals surface area contributed by atoms with Gasteiger partial charge in [0.15, 0.2) is 0 Å². The molecule has 7 heteroatoms. The second-order valence-electron chi connectivity index (χ2n) is 5.66. The predicted molar refractivity (Wildman–Crippen MR) is 87.1 cm³/mol. The zero-order valence-corrected chi connectivity index (χ0v) is 14.5. The van der Waals surface area contributed by atoms with Crippen LogP contribution in [0.15, 0.2) is 0 Å². The van der Waals surface area contributed by atoms with Gasteiger partial charge in [0.25, 0.3) is 10.1 Å². The molecule has 6 nitrogen and oxygen atoms in total. The van der Waals surface area contributed by atoms with Gasteiger partial charge in [-0.15, -0.1) is 0 Å². The second kappa shape index (κ2) is 12.8. The smallest absolute Gasteiger partial charge is 0.266 e. The molecule has 0 radical (unpaired) electrons. The van der Waals surface area contributed by atoms with E-state index in [1.54, 1.807) is 0 Å². The van der Waals surface area contributed by atoms with E-state index in [0.29, 0.717) is 6.42 Å². The molecule has 132 valence electrons. The summed E-state index contributed by atoms with van der Waals surface area (Å²) in [6, 6.07) is 0. The number of carbonyl (C=O) groups excluding carboxylic acids is 1. The van der Waals surface area contributed by atoms with Gasteiger partial charge < -0.3 is 10.0 Å². The minimum Gasteiger partial charge on any atom is -0.376 e. The molecule has 0 bridgehead atoms. The van der Waals surface area contributed by atoms with Crippen molar-refractivity contribution in [2.45, 2.75) is 71.1 Å². The molecule has 0 heterocycles. The highest BCUT2D eigenvalue weighted by atomic mass is 32.2. The Labute approximate surface area is 134 Å². The fourth-order valence-corrected chi connectivity index (χ4v) is 2.70. The summed E-state index contributed by atoms with van der Waals surface area (Å²) < 4.78 is 29.9. The van der Waals surface area contributed by atoms with Crippen LogP contribution in [-0.4, -0.2) is 47.9 Å². The third-order valence-corrected chi connectivity index (χ3v) is 4.34. The molecular weight excluding hydrogens is 306 g/mol. The largest absolute Gasteiger partial charge is 0.376 e. The van der Waals surface area contributed by atoms with Gasteiger partial charge in [-0.2, -0.15) is 8.42 Å². The number of carbonyl (C=O) groups is 1. The highest BCUT2D eigenvalue weighted by Gasteiger charge is 2.15. The highest BCUT2D eigenvalue weighted by Crippen LogP contribution is 2.11. The van der Waals surface area contributed by atoms with Crippen molar-refractivity contribution in [3.05, 3.63) is 0 Å². The summed E-state index contributed by atoms with van der Waals surface area (Å²) in [5, 5.41) is 9.07. The average molecular weight is 337 g/mol. The molecule has 2 N–H and O–H groups in total. The topological polar surface area (TPSA) is 94.9 Å². The zero-order valence-electron chi connectivity index (χ0n) is 13.7. The Kier molecular flexibility index (Phi) is 12.5. The van der Waals surface area contributed by atoms with Gasteiger partial charge in [0.05, 0.1) is 5.75 Å². The first kappa shape index (κ1) is 21.3. The van der Waals surface area contributed by atoms with Crippen LogP contribution in [0.3, 0.4) is 0 Å². The maximum Gasteiger partial charge on any atom is 0.266 e. The Balaban J connectivity index is 3.65. The minimum atomic E-state index is -4.11. The molecule has 0 aliphatic carbocycles. The maximum absolute atomic E-state index is 11.8. The molecular formula is C15H31NO5S. The molecule has 0 aromatic carbocycles. The van der Waals surface area contributed by atoms with Crippen molar-refractivity contribution >= 4 is 16.0 Å². The second-order valence-corrected chi connectivity index (χ2v) is 7.24. The van der Waals surface area contributed by atoms with Crippen LogP contribution in [0.5, 0.6) is 0 Å². The van der Waals surface area contributed by atoms with Crippen molar-refractivity contribution in [1.29, 1.82) is 0 Å². The number of hydrogen-bond acceptors (Lipinski definition) is 4. The summed E-state index contributed by atoms with van der Waals surface area (Å²) in [5.41, 5.74) is 0. The lowest BCUT2D eigenvalue weighted by atomic mass is 10.1. The van der Waals surface area contributed by atoms with Crippen LogP contribution in [0.4, 0.5) is 0 Å². The Hall–Kier alpha value is -0.660. The van der Waals surface area contributed by atoms with Crippen LogP contribution in [-0.2, 0) is 14.9 Å². The van der Waals surface area contributed by atoms with Gasteiger partial charge in [-0.05, 0) is 6.42 Å². The third kappa shape index (κ3) is 13.0. The Morgan fingerprint density at radius 1 is 0.955 bits per heavy atom. The van der Waals surface area contributed by atoms with Gasteiger partial charge in [0.1, 0.15) is 6.73 Å². The number of rotatable bonds is 14. The van der Waals surface area contributed by atoms with Crippen LogP contribution in [0.2, 0.25) is 0 Å². The standard InChI is InChI=1S/C15H31NO5S/c1-2-3-4-5-6-7-8-9-10-11-15(18)16(14-17)12-13-22(19,20)21/h17H,2-14H2,1H3,(H,19,20,21). The average Bonchev–Trinajstić information content (AvgIpc) is 2.45. The molecule has 0 aromatic heterocycles. The molecule has 0 rings (SSSR count). The number of hydrogen-bond donors (Lipinski definition) is 2. The van der Waals surface area contributed by atoms with E-state index in [4.69, 9.17) is 9.66 Å². The van der Waals surface area contributed by atoms with E-state index in [-0.39, 0.29) is 12.5 Å². The molecule has 0 saturated heterocycles. The number of amides is 1. The number of aliphatic hydroxyl groups is 1. The van der Waals surface area contributed by atoms with E-state index in [9.17, 15) is 13.2 Å². The van der Waals surface area contributed by atoms with Gasteiger partial charge in [0.2, 0.25) is 5.91 Å². The monoisotopic (exact) mass is 337 g/mol. The van der Waals surface area contributed by atoms with E-state index in [0.717, 1.165) is 24.2 Å². The molecule has 0 atom stereocenters. The molecule has 0 spiro atoms. The first-order chi connectivity index (χ1) is 10.4. The Morgan fingerprint density at radius 3 is 1.91 bits per heavy atom. The van der Waals surface area contributed by atoms with Gasteiger partial charge >= 0.3 is 0 Å². The zero-order chi connectivity index (χ0) is 16.8. The first-order valence-corrected chi connectivity index (χ1v) is 9.85. The summed E-state index contributed by atoms with van der Waals surface area (Å²) in [7, 11) is -4.11. The summed E-state index contributed by atoms with van der Waals surface area (Å²) in [6.45, 7) is 1.50. The van der Waals surface area contributed by atoms with Gasteiger partial charge in [-0.1, -0.05) is 58.3 Å². The van der Waals surface area contributed by atoms with E-state index in [2.05, 4.69) is 6.92 Å². The minimum absolute atomic E-state index is 0.175. The van der Waals surface area contributed by atoms with Gasteiger partial charge in [-0.3, -0.25) is 9.35 Å². The Morgan fingerprint density at radius 2 is 1.45 bits per heavy atom. The van der Waals surface area contributed by atoms with Crippen molar-refractivity contribution in [3.8, 4) is 0 Å². The maximum atomic E-state index is 11.8. The van der Waals surface area contributed by atoms with Gasteiger partial charge in [-0.25, -0.2) is 0 Å². The number of unbranched alkanes of at least 4 members (excludes halogenated alkanes) is 8. The van der Waals surface area contributed by atoms with Crippen molar-refractivity contribution in [2.24, 2.45) is 0 Å². The van der Waals surface area contributed by atoms with Crippen LogP contribution in [0.1, 0.15) is 71.1 Å². The van der Waals surface area contributed by atoms with Crippen molar-refractivity contribution in [1.82, 2.24) is 4.90 Å². The van der Waals surface area contributed by atoms with E-state index in [1.807, 2.05) is 0 Å². The van der Waals surface area contributed by atoms with Gasteiger partial charge in [0, 0.05) is 13.0 Å². The molecule has 22 heavy (non-hydrogen) atoms. The van der Waals surface area contributed by atoms with E-state index in [1.165, 1.54) is 38.5 Å². The number of nitrogens with zero attached hydrogens (tertiary/aromatic N) is 1. The quantitative estimate of drug-likeness (QED) is 0.288. The molecule has 0 unspecified atom stereocenters. The summed E-state index contributed by atoms with van der Waals surface area (Å²) in [4.78, 5) is 12.8. The lowest BCUT2D eigenvalue weighted by molar-refractivity contribution is -0.134. The van der Waals surface area contributed by atoms with Crippen molar-refractivity contribution < 1.29 is 22.9 Å². The summed E-state index contributed by atoms with van der Waals surface area (Å²) >= 11 is 0. The lowest BCUT2D eigenvalue weighted by Crippen LogP contribution is -2.35. The Bertz CT molecular complexity index is 383. The first-order valence-electron chi connectivity index (χ1n) is 8.24. The van der Waals surface area contributed by atoms with E-state index < -0.39 is 22.6 Å². The summed E-state index contributed by atoms with van der Waals surface area (Å²) in [6.07, 6.45) is 10.7. The van der Waals surface area contributed by atoms with Crippen LogP contribution in [0.25, 0.3) is 0 Å². The number of aliphatic hydroxyl groups excluding tert-OH is 1. The molecule has 0 aromatic rings. The SMILES string of the molecule is CCCCCCCCCCCC(=O)N(CO)CCS(=O)(=O)O. The van der Waals surface area contributed by atoms with Crippen LogP contribution >= 0.6 is 0 Å². The summed E-state index contributed by atoms with van der Waals surface area (Å²) in [5.74, 6) is -0.814. The molecule has 0 aliphatic rings. The third-order valence-electron chi connectivity index (χ3n) is 3.64. The van der Waals surface area contributed by atoms with Crippen LogP contribution in [0, 0.1) is 0 Å². The van der Waals surface area contributed by atoms with Crippen molar-refractivity contribution in [2.75, 3.05) is 19.0 Å². The molecule has 0 fully saturated rings. The fraction of sp³-hybridized carbons (Fsp3) is 0.933. The molecule has 1 amide bonds. The fourth-order valence-electron chi connectivity index (χ4n) is 2.24. The van der Waals surface area contributed by atoms with Crippen LogP contribution < -0.4 is 0 Å².